The minimum Gasteiger partial charge on any atom is -0.484 e. The van der Waals surface area contributed by atoms with E-state index in [9.17, 15) is 14.4 Å². The Bertz CT molecular complexity index is 1120. The average Bonchev–Trinajstić information content (AvgIpc) is 3.34. The van der Waals surface area contributed by atoms with Crippen LogP contribution in [0, 0.1) is 5.92 Å². The first-order valence-corrected chi connectivity index (χ1v) is 9.94. The van der Waals surface area contributed by atoms with Gasteiger partial charge in [0, 0.05) is 6.07 Å². The van der Waals surface area contributed by atoms with Crippen molar-refractivity contribution in [3.05, 3.63) is 53.3 Å². The number of carboxylic acid groups (broad SMARTS) is 1. The number of benzene rings is 2. The molecule has 9 nitrogen and oxygen atoms in total. The number of hydrogen-bond acceptors (Lipinski definition) is 7. The Hall–Kier alpha value is -4.01. The Morgan fingerprint density at radius 3 is 2.66 bits per heavy atom. The van der Waals surface area contributed by atoms with Crippen LogP contribution in [-0.4, -0.2) is 42.2 Å². The molecule has 2 aromatic carbocycles. The van der Waals surface area contributed by atoms with E-state index < -0.39 is 17.9 Å². The Morgan fingerprint density at radius 2 is 1.91 bits per heavy atom. The van der Waals surface area contributed by atoms with Crippen LogP contribution in [0.1, 0.15) is 29.8 Å². The number of Topliss-reactive ketones (excluding diaryl/α,β-unsaturated/α-hetero) is 1. The number of nitrogens with one attached hydrogen (secondary N) is 1. The van der Waals surface area contributed by atoms with Crippen molar-refractivity contribution in [3.8, 4) is 23.0 Å². The van der Waals surface area contributed by atoms with Gasteiger partial charge in [-0.05, 0) is 41.8 Å². The van der Waals surface area contributed by atoms with Gasteiger partial charge in [-0.15, -0.1) is 0 Å². The predicted octanol–water partition coefficient (Wildman–Crippen LogP) is 2.64. The summed E-state index contributed by atoms with van der Waals surface area (Å²) in [4.78, 5) is 35.9. The number of carbonyl (C=O) groups is 3. The van der Waals surface area contributed by atoms with Crippen LogP contribution in [0.3, 0.4) is 0 Å². The van der Waals surface area contributed by atoms with Crippen molar-refractivity contribution in [2.45, 2.75) is 19.9 Å². The van der Waals surface area contributed by atoms with Crippen molar-refractivity contribution >= 4 is 23.7 Å². The smallest absolute Gasteiger partial charge is 0.326 e. The van der Waals surface area contributed by atoms with Crippen LogP contribution < -0.4 is 24.3 Å². The summed E-state index contributed by atoms with van der Waals surface area (Å²) in [6, 6.07) is 8.91. The summed E-state index contributed by atoms with van der Waals surface area (Å²) in [6.45, 7) is 3.18. The van der Waals surface area contributed by atoms with Gasteiger partial charge in [0.1, 0.15) is 17.5 Å². The highest BCUT2D eigenvalue weighted by Gasteiger charge is 2.28. The molecule has 2 N–H and O–H groups in total. The third kappa shape index (κ3) is 4.36. The van der Waals surface area contributed by atoms with Crippen molar-refractivity contribution < 1.29 is 38.4 Å². The lowest BCUT2D eigenvalue weighted by molar-refractivity contribution is -0.143. The number of amides is 1. The fourth-order valence-corrected chi connectivity index (χ4v) is 3.29. The summed E-state index contributed by atoms with van der Waals surface area (Å²) < 4.78 is 21.8. The molecule has 2 aliphatic rings. The molecule has 0 aromatic heterocycles. The second-order valence-electron chi connectivity index (χ2n) is 7.63. The monoisotopic (exact) mass is 439 g/mol. The van der Waals surface area contributed by atoms with E-state index in [1.165, 1.54) is 6.07 Å². The lowest BCUT2D eigenvalue weighted by Gasteiger charge is -2.18. The summed E-state index contributed by atoms with van der Waals surface area (Å²) in [5.41, 5.74) is 1.09. The molecule has 1 atom stereocenters. The molecule has 0 saturated heterocycles. The third-order valence-electron chi connectivity index (χ3n) is 4.95. The summed E-state index contributed by atoms with van der Waals surface area (Å²) >= 11 is 0. The molecular weight excluding hydrogens is 418 g/mol. The number of fused-ring (bicyclic) bond motifs is 2. The molecule has 0 unspecified atom stereocenters. The van der Waals surface area contributed by atoms with E-state index in [1.54, 1.807) is 50.3 Å². The molecule has 2 aromatic rings. The van der Waals surface area contributed by atoms with Crippen molar-refractivity contribution in [1.82, 2.24) is 5.32 Å². The lowest BCUT2D eigenvalue weighted by atomic mass is 10.1. The van der Waals surface area contributed by atoms with Gasteiger partial charge >= 0.3 is 5.97 Å². The van der Waals surface area contributed by atoms with Gasteiger partial charge in [-0.3, -0.25) is 9.59 Å². The first kappa shape index (κ1) is 21.2. The van der Waals surface area contributed by atoms with Crippen LogP contribution in [0.5, 0.6) is 23.0 Å². The molecule has 32 heavy (non-hydrogen) atoms. The van der Waals surface area contributed by atoms with Gasteiger partial charge in [0.2, 0.25) is 12.6 Å². The van der Waals surface area contributed by atoms with E-state index in [0.29, 0.717) is 28.6 Å². The first-order chi connectivity index (χ1) is 15.3. The summed E-state index contributed by atoms with van der Waals surface area (Å²) in [6.07, 6.45) is 1.61. The Kier molecular flexibility index (Phi) is 5.72. The molecule has 1 amide bonds. The normalized spacial score (nSPS) is 16.0. The molecule has 0 fully saturated rings. The molecule has 0 bridgehead atoms. The Morgan fingerprint density at radius 1 is 1.12 bits per heavy atom. The fourth-order valence-electron chi connectivity index (χ4n) is 3.29. The zero-order chi connectivity index (χ0) is 22.8. The van der Waals surface area contributed by atoms with Crippen molar-refractivity contribution in [1.29, 1.82) is 0 Å². The molecule has 0 saturated carbocycles. The van der Waals surface area contributed by atoms with Crippen molar-refractivity contribution in [3.63, 3.8) is 0 Å². The SMILES string of the molecule is CC(C)[C@H](NC(=O)COc1ccc2c(c1)OC(=Cc1ccc3c(c1)OCO3)C2=O)C(=O)O. The fraction of sp³-hybridized carbons (Fsp3) is 0.261. The number of ketones is 1. The highest BCUT2D eigenvalue weighted by Crippen LogP contribution is 2.37. The average molecular weight is 439 g/mol. The van der Waals surface area contributed by atoms with Crippen LogP contribution in [-0.2, 0) is 9.59 Å². The van der Waals surface area contributed by atoms with E-state index in [4.69, 9.17) is 24.1 Å². The minimum atomic E-state index is -1.11. The lowest BCUT2D eigenvalue weighted by Crippen LogP contribution is -2.46. The molecule has 2 heterocycles. The van der Waals surface area contributed by atoms with E-state index in [0.717, 1.165) is 5.56 Å². The summed E-state index contributed by atoms with van der Waals surface area (Å²) in [7, 11) is 0. The molecule has 0 radical (unpaired) electrons. The maximum atomic E-state index is 12.7. The zero-order valence-electron chi connectivity index (χ0n) is 17.4. The Balaban J connectivity index is 1.42. The van der Waals surface area contributed by atoms with Gasteiger partial charge in [0.05, 0.1) is 5.56 Å². The largest absolute Gasteiger partial charge is 0.484 e. The second kappa shape index (κ2) is 8.62. The number of ether oxygens (including phenoxy) is 4. The van der Waals surface area contributed by atoms with Crippen LogP contribution in [0.4, 0.5) is 0 Å². The van der Waals surface area contributed by atoms with Gasteiger partial charge in [-0.1, -0.05) is 19.9 Å². The molecule has 9 heteroatoms. The Labute approximate surface area is 183 Å². The maximum Gasteiger partial charge on any atom is 0.326 e. The number of rotatable bonds is 7. The van der Waals surface area contributed by atoms with E-state index in [2.05, 4.69) is 5.32 Å². The number of carbonyl (C=O) groups excluding carboxylic acids is 2. The number of allylic oxidation sites excluding steroid dienone is 1. The van der Waals surface area contributed by atoms with Gasteiger partial charge in [-0.2, -0.15) is 0 Å². The van der Waals surface area contributed by atoms with Gasteiger partial charge < -0.3 is 29.4 Å². The van der Waals surface area contributed by atoms with Crippen LogP contribution in [0.2, 0.25) is 0 Å². The number of aliphatic carboxylic acids is 1. The third-order valence-corrected chi connectivity index (χ3v) is 4.95. The van der Waals surface area contributed by atoms with Gasteiger partial charge in [0.15, 0.2) is 23.9 Å². The van der Waals surface area contributed by atoms with E-state index in [1.807, 2.05) is 0 Å². The summed E-state index contributed by atoms with van der Waals surface area (Å²) in [5.74, 6) is -0.213. The zero-order valence-corrected chi connectivity index (χ0v) is 17.4. The van der Waals surface area contributed by atoms with Crippen molar-refractivity contribution in [2.24, 2.45) is 5.92 Å². The molecular formula is C23H21NO8. The van der Waals surface area contributed by atoms with Crippen LogP contribution in [0.25, 0.3) is 6.08 Å². The maximum absolute atomic E-state index is 12.7. The highest BCUT2D eigenvalue weighted by molar-refractivity contribution is 6.14. The topological polar surface area (TPSA) is 120 Å². The highest BCUT2D eigenvalue weighted by atomic mass is 16.7. The van der Waals surface area contributed by atoms with Gasteiger partial charge in [0.25, 0.3) is 5.91 Å². The predicted molar refractivity (Wildman–Crippen MR) is 112 cm³/mol. The van der Waals surface area contributed by atoms with Crippen LogP contribution in [0.15, 0.2) is 42.2 Å². The van der Waals surface area contributed by atoms with Crippen molar-refractivity contribution in [2.75, 3.05) is 13.4 Å². The van der Waals surface area contributed by atoms with E-state index >= 15 is 0 Å². The first-order valence-electron chi connectivity index (χ1n) is 9.94. The van der Waals surface area contributed by atoms with Crippen LogP contribution >= 0.6 is 0 Å². The minimum absolute atomic E-state index is 0.148. The molecule has 0 spiro atoms. The molecule has 166 valence electrons. The molecule has 2 aliphatic heterocycles. The van der Waals surface area contributed by atoms with Gasteiger partial charge in [-0.25, -0.2) is 4.79 Å². The number of hydrogen-bond donors (Lipinski definition) is 2. The molecule has 0 aliphatic carbocycles. The van der Waals surface area contributed by atoms with E-state index in [-0.39, 0.29) is 30.9 Å². The second-order valence-corrected chi connectivity index (χ2v) is 7.63. The summed E-state index contributed by atoms with van der Waals surface area (Å²) in [5, 5.41) is 11.6. The quantitative estimate of drug-likeness (QED) is 0.632. The molecule has 4 rings (SSSR count). The standard InChI is InChI=1S/C23H21NO8/c1-12(2)21(23(27)28)24-20(25)10-29-14-4-5-15-17(9-14)32-19(22(15)26)8-13-3-6-16-18(7-13)31-11-30-16/h3-9,12,21H,10-11H2,1-2H3,(H,24,25)(H,27,28)/t21-/m0/s1. The number of carboxylic acids is 1.